The first-order valence-corrected chi connectivity index (χ1v) is 7.79. The van der Waals surface area contributed by atoms with Crippen LogP contribution in [0.5, 0.6) is 0 Å². The van der Waals surface area contributed by atoms with Gasteiger partial charge in [-0.05, 0) is 32.5 Å². The van der Waals surface area contributed by atoms with Gasteiger partial charge in [0.25, 0.3) is 6.43 Å². The van der Waals surface area contributed by atoms with E-state index in [1.807, 2.05) is 0 Å². The Morgan fingerprint density at radius 1 is 1.10 bits per heavy atom. The van der Waals surface area contributed by atoms with Crippen molar-refractivity contribution in [3.05, 3.63) is 35.4 Å². The summed E-state index contributed by atoms with van der Waals surface area (Å²) in [6.07, 6.45) is 4.01. The monoisotopic (exact) mass is 296 g/mol. The van der Waals surface area contributed by atoms with Gasteiger partial charge in [-0.1, -0.05) is 43.5 Å². The minimum atomic E-state index is -2.38. The molecule has 1 aliphatic carbocycles. The van der Waals surface area contributed by atoms with Gasteiger partial charge in [0.1, 0.15) is 0 Å². The van der Waals surface area contributed by atoms with Crippen LogP contribution < -0.4 is 5.32 Å². The van der Waals surface area contributed by atoms with Gasteiger partial charge in [0, 0.05) is 24.2 Å². The molecule has 0 atom stereocenters. The second-order valence-electron chi connectivity index (χ2n) is 6.33. The zero-order valence-corrected chi connectivity index (χ0v) is 13.0. The van der Waals surface area contributed by atoms with Gasteiger partial charge in [0.05, 0.1) is 0 Å². The smallest absolute Gasteiger partial charge is 0.263 e. The maximum atomic E-state index is 12.5. The van der Waals surface area contributed by atoms with Gasteiger partial charge >= 0.3 is 0 Å². The molecule has 0 heterocycles. The molecule has 0 amide bonds. The molecule has 0 radical (unpaired) electrons. The third kappa shape index (κ3) is 4.24. The summed E-state index contributed by atoms with van der Waals surface area (Å²) in [6, 6.07) is 6.61. The van der Waals surface area contributed by atoms with Gasteiger partial charge < -0.3 is 10.2 Å². The van der Waals surface area contributed by atoms with Crippen LogP contribution in [0.2, 0.25) is 0 Å². The fraction of sp³-hybridized carbons (Fsp3) is 0.647. The highest BCUT2D eigenvalue weighted by atomic mass is 19.3. The standard InChI is InChI=1S/C17H26F2N2/c1-21(2)17(10-4-3-5-11-17)13-20-12-14-6-8-15(9-7-14)16(18)19/h6-9,16,20H,3-5,10-13H2,1-2H3. The number of alkyl halides is 2. The van der Waals surface area contributed by atoms with Crippen molar-refractivity contribution in [2.24, 2.45) is 0 Å². The van der Waals surface area contributed by atoms with E-state index in [0.717, 1.165) is 18.7 Å². The van der Waals surface area contributed by atoms with Crippen LogP contribution in [0.25, 0.3) is 0 Å². The number of nitrogens with zero attached hydrogens (tertiary/aromatic N) is 1. The number of hydrogen-bond donors (Lipinski definition) is 1. The fourth-order valence-corrected chi connectivity index (χ4v) is 3.21. The molecule has 1 aromatic carbocycles. The minimum Gasteiger partial charge on any atom is -0.311 e. The third-order valence-corrected chi connectivity index (χ3v) is 4.75. The number of rotatable bonds is 6. The Balaban J connectivity index is 1.87. The molecule has 0 saturated heterocycles. The summed E-state index contributed by atoms with van der Waals surface area (Å²) in [4.78, 5) is 2.35. The fourth-order valence-electron chi connectivity index (χ4n) is 3.21. The molecular weight excluding hydrogens is 270 g/mol. The van der Waals surface area contributed by atoms with Gasteiger partial charge in [-0.15, -0.1) is 0 Å². The molecule has 21 heavy (non-hydrogen) atoms. The van der Waals surface area contributed by atoms with Crippen LogP contribution in [0.1, 0.15) is 49.7 Å². The summed E-state index contributed by atoms with van der Waals surface area (Å²) >= 11 is 0. The molecule has 118 valence electrons. The van der Waals surface area contributed by atoms with Crippen LogP contribution in [0.3, 0.4) is 0 Å². The van der Waals surface area contributed by atoms with E-state index in [0.29, 0.717) is 0 Å². The van der Waals surface area contributed by atoms with Crippen molar-refractivity contribution in [3.63, 3.8) is 0 Å². The van der Waals surface area contributed by atoms with Crippen molar-refractivity contribution >= 4 is 0 Å². The van der Waals surface area contributed by atoms with Crippen molar-refractivity contribution in [2.45, 2.75) is 50.6 Å². The Kier molecular flexibility index (Phi) is 5.71. The summed E-state index contributed by atoms with van der Waals surface area (Å²) in [5.41, 5.74) is 1.40. The molecule has 0 aromatic heterocycles. The van der Waals surface area contributed by atoms with Crippen molar-refractivity contribution in [1.29, 1.82) is 0 Å². The normalized spacial score (nSPS) is 18.4. The number of nitrogens with one attached hydrogen (secondary N) is 1. The first-order chi connectivity index (χ1) is 10.0. The van der Waals surface area contributed by atoms with Crippen LogP contribution in [0, 0.1) is 0 Å². The quantitative estimate of drug-likeness (QED) is 0.854. The average Bonchev–Trinajstić information content (AvgIpc) is 2.48. The first-order valence-electron chi connectivity index (χ1n) is 7.79. The largest absolute Gasteiger partial charge is 0.311 e. The van der Waals surface area contributed by atoms with Crippen molar-refractivity contribution in [2.75, 3.05) is 20.6 Å². The first kappa shape index (κ1) is 16.4. The maximum Gasteiger partial charge on any atom is 0.263 e. The van der Waals surface area contributed by atoms with E-state index < -0.39 is 6.43 Å². The second kappa shape index (κ2) is 7.32. The van der Waals surface area contributed by atoms with Crippen molar-refractivity contribution in [3.8, 4) is 0 Å². The zero-order valence-electron chi connectivity index (χ0n) is 13.0. The van der Waals surface area contributed by atoms with E-state index in [1.165, 1.54) is 44.2 Å². The number of hydrogen-bond acceptors (Lipinski definition) is 2. The summed E-state index contributed by atoms with van der Waals surface area (Å²) < 4.78 is 25.0. The predicted molar refractivity (Wildman–Crippen MR) is 82.6 cm³/mol. The molecule has 1 aromatic rings. The number of halogens is 2. The van der Waals surface area contributed by atoms with E-state index in [-0.39, 0.29) is 11.1 Å². The maximum absolute atomic E-state index is 12.5. The molecule has 0 bridgehead atoms. The van der Waals surface area contributed by atoms with E-state index in [1.54, 1.807) is 12.1 Å². The highest BCUT2D eigenvalue weighted by molar-refractivity contribution is 5.23. The van der Waals surface area contributed by atoms with E-state index in [4.69, 9.17) is 0 Å². The van der Waals surface area contributed by atoms with Crippen LogP contribution in [-0.2, 0) is 6.54 Å². The highest BCUT2D eigenvalue weighted by Crippen LogP contribution is 2.31. The molecular formula is C17H26F2N2. The molecule has 1 saturated carbocycles. The number of benzene rings is 1. The molecule has 0 unspecified atom stereocenters. The lowest BCUT2D eigenvalue weighted by atomic mass is 9.80. The van der Waals surface area contributed by atoms with Crippen molar-refractivity contribution < 1.29 is 8.78 Å². The molecule has 2 rings (SSSR count). The van der Waals surface area contributed by atoms with E-state index >= 15 is 0 Å². The average molecular weight is 296 g/mol. The predicted octanol–water partition coefficient (Wildman–Crippen LogP) is 3.98. The van der Waals surface area contributed by atoms with Gasteiger partial charge in [-0.25, -0.2) is 8.78 Å². The third-order valence-electron chi connectivity index (χ3n) is 4.75. The van der Waals surface area contributed by atoms with Gasteiger partial charge in [-0.2, -0.15) is 0 Å². The van der Waals surface area contributed by atoms with Crippen LogP contribution in [-0.4, -0.2) is 31.1 Å². The summed E-state index contributed by atoms with van der Waals surface area (Å²) in [5.74, 6) is 0. The topological polar surface area (TPSA) is 15.3 Å². The Labute approximate surface area is 126 Å². The van der Waals surface area contributed by atoms with Crippen molar-refractivity contribution in [1.82, 2.24) is 10.2 Å². The second-order valence-corrected chi connectivity index (χ2v) is 6.33. The van der Waals surface area contributed by atoms with Gasteiger partial charge in [-0.3, -0.25) is 0 Å². The van der Waals surface area contributed by atoms with Gasteiger partial charge in [0.2, 0.25) is 0 Å². The van der Waals surface area contributed by atoms with Crippen LogP contribution in [0.4, 0.5) is 8.78 Å². The van der Waals surface area contributed by atoms with Gasteiger partial charge in [0.15, 0.2) is 0 Å². The molecule has 0 aliphatic heterocycles. The van der Waals surface area contributed by atoms with Crippen LogP contribution >= 0.6 is 0 Å². The Bertz CT molecular complexity index is 423. The molecule has 2 nitrogen and oxygen atoms in total. The highest BCUT2D eigenvalue weighted by Gasteiger charge is 2.33. The van der Waals surface area contributed by atoms with E-state index in [2.05, 4.69) is 24.3 Å². The Hall–Kier alpha value is -1.00. The molecule has 1 fully saturated rings. The molecule has 0 spiro atoms. The lowest BCUT2D eigenvalue weighted by Gasteiger charge is -2.43. The van der Waals surface area contributed by atoms with E-state index in [9.17, 15) is 8.78 Å². The number of likely N-dealkylation sites (N-methyl/N-ethyl adjacent to an activating group) is 1. The molecule has 1 aliphatic rings. The summed E-state index contributed by atoms with van der Waals surface area (Å²) in [6.45, 7) is 1.69. The minimum absolute atomic E-state index is 0.0933. The lowest BCUT2D eigenvalue weighted by molar-refractivity contribution is 0.0984. The summed E-state index contributed by atoms with van der Waals surface area (Å²) in [7, 11) is 4.31. The zero-order chi connectivity index (χ0) is 15.3. The lowest BCUT2D eigenvalue weighted by Crippen LogP contribution is -2.52. The van der Waals surface area contributed by atoms with Crippen LogP contribution in [0.15, 0.2) is 24.3 Å². The summed E-state index contributed by atoms with van der Waals surface area (Å²) in [5, 5.41) is 3.51. The SMILES string of the molecule is CN(C)C1(CNCc2ccc(C(F)F)cc2)CCCCC1. The Morgan fingerprint density at radius 2 is 1.71 bits per heavy atom. The molecule has 1 N–H and O–H groups in total. The Morgan fingerprint density at radius 3 is 2.24 bits per heavy atom. The molecule has 4 heteroatoms.